The molecule has 1 aromatic heterocycles. The van der Waals surface area contributed by atoms with Crippen LogP contribution in [-0.2, 0) is 25.6 Å². The fourth-order valence-electron chi connectivity index (χ4n) is 4.36. The van der Waals surface area contributed by atoms with Crippen LogP contribution in [0.4, 0.5) is 0 Å². The van der Waals surface area contributed by atoms with Crippen molar-refractivity contribution < 1.29 is 19.1 Å². The second-order valence-corrected chi connectivity index (χ2v) is 7.25. The molecule has 144 valence electrons. The third-order valence-corrected chi connectivity index (χ3v) is 5.59. The molecule has 0 radical (unpaired) electrons. The number of rotatable bonds is 7. The van der Waals surface area contributed by atoms with Gasteiger partial charge in [-0.3, -0.25) is 9.59 Å². The second kappa shape index (κ2) is 7.01. The van der Waals surface area contributed by atoms with Gasteiger partial charge in [0.2, 0.25) is 11.8 Å². The van der Waals surface area contributed by atoms with Crippen molar-refractivity contribution in [3.63, 3.8) is 0 Å². The van der Waals surface area contributed by atoms with Crippen LogP contribution in [-0.4, -0.2) is 76.6 Å². The molecule has 2 bridgehead atoms. The number of carbonyl (C=O) groups is 2. The van der Waals surface area contributed by atoms with Crippen LogP contribution in [0.3, 0.4) is 0 Å². The average molecular weight is 372 g/mol. The second-order valence-electron chi connectivity index (χ2n) is 7.25. The number of hydrogen-bond donors (Lipinski definition) is 0. The first-order valence-electron chi connectivity index (χ1n) is 9.29. The van der Waals surface area contributed by atoms with E-state index in [0.29, 0.717) is 32.8 Å². The Morgan fingerprint density at radius 3 is 3.11 bits per heavy atom. The van der Waals surface area contributed by atoms with Gasteiger partial charge in [0, 0.05) is 26.4 Å². The SMILES string of the molecule is CCOCCN1C[C@]23C=C[C@H](O2)[C@H](C(=O)N(C)Cc2ccncn2)[C@H]3C1=O. The van der Waals surface area contributed by atoms with Gasteiger partial charge in [-0.25, -0.2) is 9.97 Å². The summed E-state index contributed by atoms with van der Waals surface area (Å²) in [5.74, 6) is -1.06. The highest BCUT2D eigenvalue weighted by Gasteiger charge is 2.66. The van der Waals surface area contributed by atoms with Crippen LogP contribution >= 0.6 is 0 Å². The predicted octanol–water partition coefficient (Wildman–Crippen LogP) is 0.254. The van der Waals surface area contributed by atoms with Crippen molar-refractivity contribution in [1.29, 1.82) is 0 Å². The largest absolute Gasteiger partial charge is 0.380 e. The molecule has 3 aliphatic rings. The summed E-state index contributed by atoms with van der Waals surface area (Å²) < 4.78 is 11.5. The van der Waals surface area contributed by atoms with E-state index in [0.717, 1.165) is 5.69 Å². The lowest BCUT2D eigenvalue weighted by Gasteiger charge is -2.27. The number of likely N-dealkylation sites (tertiary alicyclic amines) is 1. The molecule has 3 aliphatic heterocycles. The molecule has 1 spiro atoms. The van der Waals surface area contributed by atoms with Crippen molar-refractivity contribution in [3.05, 3.63) is 36.4 Å². The lowest BCUT2D eigenvalue weighted by atomic mass is 9.76. The van der Waals surface area contributed by atoms with Gasteiger partial charge in [-0.15, -0.1) is 0 Å². The summed E-state index contributed by atoms with van der Waals surface area (Å²) in [4.78, 5) is 37.6. The first-order chi connectivity index (χ1) is 13.1. The van der Waals surface area contributed by atoms with Gasteiger partial charge in [0.05, 0.1) is 43.3 Å². The highest BCUT2D eigenvalue weighted by atomic mass is 16.5. The van der Waals surface area contributed by atoms with Gasteiger partial charge in [-0.05, 0) is 13.0 Å². The molecule has 8 heteroatoms. The van der Waals surface area contributed by atoms with Crippen molar-refractivity contribution in [2.45, 2.75) is 25.2 Å². The maximum Gasteiger partial charge on any atom is 0.230 e. The van der Waals surface area contributed by atoms with E-state index in [1.54, 1.807) is 29.1 Å². The lowest BCUT2D eigenvalue weighted by molar-refractivity contribution is -0.143. The molecule has 2 fully saturated rings. The molecule has 4 atom stereocenters. The molecule has 0 unspecified atom stereocenters. The minimum absolute atomic E-state index is 0.0182. The Hall–Kier alpha value is -2.32. The number of aromatic nitrogens is 2. The molecule has 0 aromatic carbocycles. The summed E-state index contributed by atoms with van der Waals surface area (Å²) in [5.41, 5.74) is 0.0793. The van der Waals surface area contributed by atoms with E-state index in [1.807, 2.05) is 19.1 Å². The van der Waals surface area contributed by atoms with Crippen LogP contribution in [0.25, 0.3) is 0 Å². The number of fused-ring (bicyclic) bond motifs is 1. The molecule has 1 aromatic rings. The van der Waals surface area contributed by atoms with Crippen molar-refractivity contribution in [2.24, 2.45) is 11.8 Å². The summed E-state index contributed by atoms with van der Waals surface area (Å²) in [6.07, 6.45) is 6.67. The maximum atomic E-state index is 13.2. The van der Waals surface area contributed by atoms with Crippen LogP contribution in [0.1, 0.15) is 12.6 Å². The van der Waals surface area contributed by atoms with Crippen LogP contribution in [0.5, 0.6) is 0 Å². The van der Waals surface area contributed by atoms with Crippen LogP contribution in [0.2, 0.25) is 0 Å². The lowest BCUT2D eigenvalue weighted by Crippen LogP contribution is -2.44. The standard InChI is InChI=1S/C19H24N4O4/c1-3-26-9-8-23-11-19-6-4-14(27-19)15(16(19)18(23)25)17(24)22(2)10-13-5-7-20-12-21-13/h4-7,12,14-16H,3,8-11H2,1-2H3/t14-,15-,16-,19-/m0/s1. The molecule has 8 nitrogen and oxygen atoms in total. The first kappa shape index (κ1) is 18.1. The Kier molecular flexibility index (Phi) is 4.69. The van der Waals surface area contributed by atoms with Crippen molar-refractivity contribution in [1.82, 2.24) is 19.8 Å². The molecule has 0 saturated carbocycles. The number of hydrogen-bond acceptors (Lipinski definition) is 6. The van der Waals surface area contributed by atoms with Gasteiger partial charge in [0.25, 0.3) is 0 Å². The Balaban J connectivity index is 1.49. The Morgan fingerprint density at radius 1 is 1.52 bits per heavy atom. The maximum absolute atomic E-state index is 13.2. The monoisotopic (exact) mass is 372 g/mol. The van der Waals surface area contributed by atoms with Crippen LogP contribution in [0, 0.1) is 11.8 Å². The highest BCUT2D eigenvalue weighted by molar-refractivity contribution is 5.93. The fraction of sp³-hybridized carbons (Fsp3) is 0.579. The number of nitrogens with zero attached hydrogens (tertiary/aromatic N) is 4. The molecule has 2 amide bonds. The summed E-state index contributed by atoms with van der Waals surface area (Å²) >= 11 is 0. The zero-order valence-corrected chi connectivity index (χ0v) is 15.6. The van der Waals surface area contributed by atoms with Gasteiger partial charge >= 0.3 is 0 Å². The minimum Gasteiger partial charge on any atom is -0.380 e. The van der Waals surface area contributed by atoms with Crippen molar-refractivity contribution in [3.8, 4) is 0 Å². The summed E-state index contributed by atoms with van der Waals surface area (Å²) in [6, 6.07) is 1.78. The predicted molar refractivity (Wildman–Crippen MR) is 95.3 cm³/mol. The van der Waals surface area contributed by atoms with Gasteiger partial charge in [-0.2, -0.15) is 0 Å². The third-order valence-electron chi connectivity index (χ3n) is 5.59. The van der Waals surface area contributed by atoms with Crippen LogP contribution < -0.4 is 0 Å². The summed E-state index contributed by atoms with van der Waals surface area (Å²) in [5, 5.41) is 0. The van der Waals surface area contributed by atoms with E-state index in [9.17, 15) is 9.59 Å². The zero-order chi connectivity index (χ0) is 19.0. The Morgan fingerprint density at radius 2 is 2.37 bits per heavy atom. The molecular weight excluding hydrogens is 348 g/mol. The zero-order valence-electron chi connectivity index (χ0n) is 15.6. The van der Waals surface area contributed by atoms with E-state index in [2.05, 4.69) is 9.97 Å². The van der Waals surface area contributed by atoms with E-state index in [4.69, 9.17) is 9.47 Å². The highest BCUT2D eigenvalue weighted by Crippen LogP contribution is 2.52. The van der Waals surface area contributed by atoms with Gasteiger partial charge in [0.1, 0.15) is 11.9 Å². The number of ether oxygens (including phenoxy) is 2. The van der Waals surface area contributed by atoms with E-state index in [-0.39, 0.29) is 17.9 Å². The number of amides is 2. The van der Waals surface area contributed by atoms with E-state index in [1.165, 1.54) is 6.33 Å². The van der Waals surface area contributed by atoms with E-state index < -0.39 is 17.4 Å². The minimum atomic E-state index is -0.677. The molecule has 4 heterocycles. The smallest absolute Gasteiger partial charge is 0.230 e. The van der Waals surface area contributed by atoms with Crippen molar-refractivity contribution in [2.75, 3.05) is 33.4 Å². The molecule has 0 N–H and O–H groups in total. The van der Waals surface area contributed by atoms with Gasteiger partial charge in [-0.1, -0.05) is 12.2 Å². The first-order valence-corrected chi connectivity index (χ1v) is 9.29. The quantitative estimate of drug-likeness (QED) is 0.504. The molecular formula is C19H24N4O4. The summed E-state index contributed by atoms with van der Waals surface area (Å²) in [7, 11) is 1.74. The topological polar surface area (TPSA) is 84.9 Å². The van der Waals surface area contributed by atoms with Gasteiger partial charge in [0.15, 0.2) is 0 Å². The van der Waals surface area contributed by atoms with Crippen LogP contribution in [0.15, 0.2) is 30.7 Å². The Bertz CT molecular complexity index is 755. The third kappa shape index (κ3) is 3.02. The molecule has 0 aliphatic carbocycles. The normalized spacial score (nSPS) is 30.8. The van der Waals surface area contributed by atoms with E-state index >= 15 is 0 Å². The van der Waals surface area contributed by atoms with Crippen molar-refractivity contribution >= 4 is 11.8 Å². The molecule has 4 rings (SSSR count). The van der Waals surface area contributed by atoms with Gasteiger partial charge < -0.3 is 19.3 Å². The molecule has 27 heavy (non-hydrogen) atoms. The summed E-state index contributed by atoms with van der Waals surface area (Å²) in [6.45, 7) is 4.40. The molecule has 2 saturated heterocycles. The Labute approximate surface area is 158 Å². The average Bonchev–Trinajstić information content (AvgIpc) is 3.31. The number of carbonyl (C=O) groups excluding carboxylic acids is 2. The fourth-order valence-corrected chi connectivity index (χ4v) is 4.36.